The molecule has 0 saturated carbocycles. The number of hydrogen-bond acceptors (Lipinski definition) is 4. The van der Waals surface area contributed by atoms with Gasteiger partial charge >= 0.3 is 0 Å². The number of aromatic nitrogens is 1. The van der Waals surface area contributed by atoms with Crippen LogP contribution in [0.4, 0.5) is 5.13 Å². The van der Waals surface area contributed by atoms with Gasteiger partial charge in [0.1, 0.15) is 0 Å². The summed E-state index contributed by atoms with van der Waals surface area (Å²) < 4.78 is 0. The molecular formula is C14H27N3S. The number of rotatable bonds is 8. The molecule has 0 aliphatic rings. The summed E-state index contributed by atoms with van der Waals surface area (Å²) >= 11 is 1.77. The van der Waals surface area contributed by atoms with Crippen LogP contribution in [0.25, 0.3) is 0 Å². The average Bonchev–Trinajstić information content (AvgIpc) is 2.72. The number of hydrogen-bond donors (Lipinski definition) is 1. The quantitative estimate of drug-likeness (QED) is 0.784. The minimum Gasteiger partial charge on any atom is -0.348 e. The van der Waals surface area contributed by atoms with E-state index in [1.54, 1.807) is 11.3 Å². The van der Waals surface area contributed by atoms with E-state index < -0.39 is 0 Å². The van der Waals surface area contributed by atoms with Gasteiger partial charge in [0.25, 0.3) is 0 Å². The number of nitrogens with one attached hydrogen (secondary N) is 1. The first-order valence-corrected chi connectivity index (χ1v) is 7.81. The third-order valence-electron chi connectivity index (χ3n) is 2.54. The van der Waals surface area contributed by atoms with Crippen molar-refractivity contribution in [3.63, 3.8) is 0 Å². The van der Waals surface area contributed by atoms with Crippen LogP contribution in [-0.2, 0) is 6.54 Å². The Labute approximate surface area is 116 Å². The first-order valence-electron chi connectivity index (χ1n) is 6.93. The van der Waals surface area contributed by atoms with Crippen LogP contribution in [0.3, 0.4) is 0 Å². The molecule has 0 fully saturated rings. The van der Waals surface area contributed by atoms with Gasteiger partial charge in [0.2, 0.25) is 0 Å². The molecule has 18 heavy (non-hydrogen) atoms. The maximum Gasteiger partial charge on any atom is 0.185 e. The monoisotopic (exact) mass is 269 g/mol. The molecule has 1 aromatic heterocycles. The van der Waals surface area contributed by atoms with Gasteiger partial charge in [0, 0.05) is 25.0 Å². The molecule has 1 rings (SSSR count). The summed E-state index contributed by atoms with van der Waals surface area (Å²) in [6, 6.07) is 0. The van der Waals surface area contributed by atoms with Crippen molar-refractivity contribution in [3.05, 3.63) is 11.1 Å². The van der Waals surface area contributed by atoms with Gasteiger partial charge in [-0.25, -0.2) is 4.98 Å². The Morgan fingerprint density at radius 2 is 1.83 bits per heavy atom. The molecule has 0 aromatic carbocycles. The highest BCUT2D eigenvalue weighted by molar-refractivity contribution is 7.13. The summed E-state index contributed by atoms with van der Waals surface area (Å²) in [6.07, 6.45) is 0. The Morgan fingerprint density at radius 3 is 2.33 bits per heavy atom. The van der Waals surface area contributed by atoms with Gasteiger partial charge in [0.15, 0.2) is 5.13 Å². The molecule has 4 heteroatoms. The summed E-state index contributed by atoms with van der Waals surface area (Å²) in [5, 5.41) is 6.67. The Balaban J connectivity index is 2.68. The van der Waals surface area contributed by atoms with Gasteiger partial charge in [-0.1, -0.05) is 34.6 Å². The summed E-state index contributed by atoms with van der Waals surface area (Å²) in [6.45, 7) is 15.2. The van der Waals surface area contributed by atoms with Gasteiger partial charge in [-0.2, -0.15) is 0 Å². The lowest BCUT2D eigenvalue weighted by molar-refractivity contribution is 0.551. The van der Waals surface area contributed by atoms with E-state index in [-0.39, 0.29) is 0 Å². The Hall–Kier alpha value is -0.610. The van der Waals surface area contributed by atoms with Gasteiger partial charge in [-0.3, -0.25) is 0 Å². The number of anilines is 1. The van der Waals surface area contributed by atoms with Crippen LogP contribution >= 0.6 is 11.3 Å². The molecule has 0 atom stereocenters. The van der Waals surface area contributed by atoms with E-state index in [9.17, 15) is 0 Å². The first kappa shape index (κ1) is 15.4. The van der Waals surface area contributed by atoms with Crippen LogP contribution in [0.2, 0.25) is 0 Å². The fourth-order valence-corrected chi connectivity index (χ4v) is 2.73. The third-order valence-corrected chi connectivity index (χ3v) is 3.49. The average molecular weight is 269 g/mol. The maximum atomic E-state index is 4.74. The van der Waals surface area contributed by atoms with Gasteiger partial charge < -0.3 is 10.2 Å². The SMILES string of the molecule is CCNCc1csc(N(CC(C)C)CC(C)C)n1. The lowest BCUT2D eigenvalue weighted by Crippen LogP contribution is -2.31. The molecule has 1 heterocycles. The second kappa shape index (κ2) is 7.74. The van der Waals surface area contributed by atoms with Crippen LogP contribution in [0.5, 0.6) is 0 Å². The van der Waals surface area contributed by atoms with E-state index in [2.05, 4.69) is 50.2 Å². The Morgan fingerprint density at radius 1 is 1.22 bits per heavy atom. The normalized spacial score (nSPS) is 11.5. The van der Waals surface area contributed by atoms with Crippen molar-refractivity contribution < 1.29 is 0 Å². The van der Waals surface area contributed by atoms with E-state index in [1.807, 2.05) is 0 Å². The summed E-state index contributed by atoms with van der Waals surface area (Å²) in [4.78, 5) is 7.16. The maximum absolute atomic E-state index is 4.74. The Kier molecular flexibility index (Phi) is 6.65. The minimum absolute atomic E-state index is 0.671. The topological polar surface area (TPSA) is 28.2 Å². The van der Waals surface area contributed by atoms with E-state index in [0.29, 0.717) is 11.8 Å². The van der Waals surface area contributed by atoms with Crippen molar-refractivity contribution in [1.29, 1.82) is 0 Å². The highest BCUT2D eigenvalue weighted by Crippen LogP contribution is 2.22. The lowest BCUT2D eigenvalue weighted by Gasteiger charge is -2.25. The fourth-order valence-electron chi connectivity index (χ4n) is 1.89. The van der Waals surface area contributed by atoms with E-state index in [4.69, 9.17) is 4.98 Å². The zero-order chi connectivity index (χ0) is 13.5. The van der Waals surface area contributed by atoms with Crippen LogP contribution in [0, 0.1) is 11.8 Å². The smallest absolute Gasteiger partial charge is 0.185 e. The van der Waals surface area contributed by atoms with Crippen LogP contribution in [-0.4, -0.2) is 24.6 Å². The highest BCUT2D eigenvalue weighted by atomic mass is 32.1. The zero-order valence-electron chi connectivity index (χ0n) is 12.4. The van der Waals surface area contributed by atoms with Crippen molar-refractivity contribution in [3.8, 4) is 0 Å². The zero-order valence-corrected chi connectivity index (χ0v) is 13.2. The molecule has 0 aliphatic heterocycles. The molecule has 0 spiro atoms. The van der Waals surface area contributed by atoms with E-state index in [1.165, 1.54) is 5.13 Å². The molecule has 104 valence electrons. The molecule has 0 unspecified atom stereocenters. The molecule has 1 N–H and O–H groups in total. The van der Waals surface area contributed by atoms with Gasteiger partial charge in [-0.05, 0) is 18.4 Å². The largest absolute Gasteiger partial charge is 0.348 e. The lowest BCUT2D eigenvalue weighted by atomic mass is 10.1. The molecule has 1 aromatic rings. The van der Waals surface area contributed by atoms with E-state index >= 15 is 0 Å². The van der Waals surface area contributed by atoms with Crippen LogP contribution in [0.15, 0.2) is 5.38 Å². The molecule has 0 aliphatic carbocycles. The molecule has 0 radical (unpaired) electrons. The molecule has 0 amide bonds. The number of nitrogens with zero attached hydrogens (tertiary/aromatic N) is 2. The second-order valence-electron chi connectivity index (χ2n) is 5.59. The standard InChI is InChI=1S/C14H27N3S/c1-6-15-7-13-10-18-14(16-13)17(8-11(2)3)9-12(4)5/h10-12,15H,6-9H2,1-5H3. The van der Waals surface area contributed by atoms with Crippen LogP contribution < -0.4 is 10.2 Å². The van der Waals surface area contributed by atoms with E-state index in [0.717, 1.165) is 31.9 Å². The van der Waals surface area contributed by atoms with Gasteiger partial charge in [-0.15, -0.1) is 11.3 Å². The Bertz CT molecular complexity index is 324. The first-order chi connectivity index (χ1) is 8.52. The second-order valence-corrected chi connectivity index (χ2v) is 6.43. The highest BCUT2D eigenvalue weighted by Gasteiger charge is 2.14. The summed E-state index contributed by atoms with van der Waals surface area (Å²) in [7, 11) is 0. The van der Waals surface area contributed by atoms with Crippen LogP contribution in [0.1, 0.15) is 40.3 Å². The minimum atomic E-state index is 0.671. The molecule has 0 saturated heterocycles. The van der Waals surface area contributed by atoms with Crippen molar-refractivity contribution >= 4 is 16.5 Å². The molecule has 0 bridgehead atoms. The number of thiazole rings is 1. The third kappa shape index (κ3) is 5.36. The molecular weight excluding hydrogens is 242 g/mol. The summed E-state index contributed by atoms with van der Waals surface area (Å²) in [5.41, 5.74) is 1.16. The van der Waals surface area contributed by atoms with Crippen molar-refractivity contribution in [2.24, 2.45) is 11.8 Å². The van der Waals surface area contributed by atoms with Gasteiger partial charge in [0.05, 0.1) is 5.69 Å². The molecule has 3 nitrogen and oxygen atoms in total. The predicted octanol–water partition coefficient (Wildman–Crippen LogP) is 3.37. The fraction of sp³-hybridized carbons (Fsp3) is 0.786. The summed E-state index contributed by atoms with van der Waals surface area (Å²) in [5.74, 6) is 1.34. The van der Waals surface area contributed by atoms with Crippen molar-refractivity contribution in [2.75, 3.05) is 24.5 Å². The predicted molar refractivity (Wildman–Crippen MR) is 81.4 cm³/mol. The van der Waals surface area contributed by atoms with Crippen molar-refractivity contribution in [2.45, 2.75) is 41.2 Å². The van der Waals surface area contributed by atoms with Crippen molar-refractivity contribution in [1.82, 2.24) is 10.3 Å².